The average molecular weight is 858 g/mol. The van der Waals surface area contributed by atoms with Crippen molar-refractivity contribution in [1.29, 1.82) is 0 Å². The van der Waals surface area contributed by atoms with Gasteiger partial charge in [0.05, 0.1) is 42.8 Å². The lowest BCUT2D eigenvalue weighted by Crippen LogP contribution is -2.82. The van der Waals surface area contributed by atoms with Crippen LogP contribution in [-0.4, -0.2) is 135 Å². The number of cyclic esters (lactones) is 1. The molecule has 18 heteroatoms. The van der Waals surface area contributed by atoms with Crippen LogP contribution >= 0.6 is 0 Å². The van der Waals surface area contributed by atoms with Gasteiger partial charge in [-0.2, -0.15) is 0 Å². The molecule has 5 aliphatic rings. The van der Waals surface area contributed by atoms with Crippen LogP contribution in [0, 0.1) is 22.2 Å². The second-order valence-electron chi connectivity index (χ2n) is 19.0. The minimum absolute atomic E-state index is 0.0257. The summed E-state index contributed by atoms with van der Waals surface area (Å²) in [5.74, 6) is -6.67. The van der Waals surface area contributed by atoms with E-state index in [2.05, 4.69) is 0 Å². The average Bonchev–Trinajstić information content (AvgIpc) is 3.36. The quantitative estimate of drug-likeness (QED) is 0.193. The Bertz CT molecular complexity index is 2050. The third kappa shape index (κ3) is 6.99. The van der Waals surface area contributed by atoms with Gasteiger partial charge in [0.1, 0.15) is 23.9 Å². The Morgan fingerprint density at radius 3 is 2.10 bits per heavy atom. The Morgan fingerprint density at radius 1 is 0.967 bits per heavy atom. The highest BCUT2D eigenvalue weighted by Crippen LogP contribution is 2.64. The van der Waals surface area contributed by atoms with E-state index in [9.17, 15) is 44.1 Å². The first-order valence-corrected chi connectivity index (χ1v) is 20.0. The fourth-order valence-electron chi connectivity index (χ4n) is 10.2. The number of benzene rings is 1. The van der Waals surface area contributed by atoms with Crippen molar-refractivity contribution in [2.45, 2.75) is 142 Å². The number of ether oxygens (including phenoxy) is 7. The molecule has 334 valence electrons. The third-order valence-corrected chi connectivity index (χ3v) is 13.5. The van der Waals surface area contributed by atoms with Crippen LogP contribution in [0.1, 0.15) is 92.4 Å². The van der Waals surface area contributed by atoms with Gasteiger partial charge in [-0.25, -0.2) is 24.1 Å². The predicted octanol–water partition coefficient (Wildman–Crippen LogP) is 2.96. The zero-order chi connectivity index (χ0) is 45.6. The highest BCUT2D eigenvalue weighted by atomic mass is 16.8. The van der Waals surface area contributed by atoms with Crippen molar-refractivity contribution in [1.82, 2.24) is 4.90 Å². The Morgan fingerprint density at radius 2 is 1.59 bits per heavy atom. The monoisotopic (exact) mass is 857 g/mol. The maximum Gasteiger partial charge on any atom is 0.508 e. The van der Waals surface area contributed by atoms with E-state index in [0.29, 0.717) is 4.90 Å². The number of rotatable bonds is 8. The van der Waals surface area contributed by atoms with Gasteiger partial charge in [0, 0.05) is 25.2 Å². The smallest absolute Gasteiger partial charge is 0.456 e. The summed E-state index contributed by atoms with van der Waals surface area (Å²) in [5.41, 5.74) is -10.9. The van der Waals surface area contributed by atoms with Gasteiger partial charge in [-0.1, -0.05) is 52.8 Å². The largest absolute Gasteiger partial charge is 0.508 e. The van der Waals surface area contributed by atoms with Gasteiger partial charge in [0.2, 0.25) is 0 Å². The van der Waals surface area contributed by atoms with Crippen LogP contribution in [0.4, 0.5) is 9.59 Å². The van der Waals surface area contributed by atoms with Gasteiger partial charge in [0.25, 0.3) is 5.91 Å². The highest BCUT2D eigenvalue weighted by molar-refractivity contribution is 6.03. The second kappa shape index (κ2) is 15.2. The van der Waals surface area contributed by atoms with Crippen molar-refractivity contribution in [2.75, 3.05) is 13.7 Å². The van der Waals surface area contributed by atoms with E-state index in [0.717, 1.165) is 14.0 Å². The van der Waals surface area contributed by atoms with Crippen molar-refractivity contribution in [3.8, 4) is 0 Å². The number of Topliss-reactive ketones (excluding diaryl/α,β-unsaturated/α-hetero) is 1. The van der Waals surface area contributed by atoms with E-state index in [-0.39, 0.29) is 23.1 Å². The number of hydrogen-bond acceptors (Lipinski definition) is 17. The van der Waals surface area contributed by atoms with E-state index in [1.807, 2.05) is 0 Å². The molecule has 61 heavy (non-hydrogen) atoms. The Kier molecular flexibility index (Phi) is 11.3. The molecule has 1 aromatic rings. The standard InChI is InChI=1S/C43H55NO17/c1-20-23(58-34(50)27(47)30(38(3,4)5)44-35(51)40(8,9)60-36(44)52)18-43(54)32(59-33(49)22-15-13-12-14-16-22)29-41(10,31(48)28(57-21(2)45)26(20)39(43,6)7)24(46)17-25-42(29,19-56-25)61-37(53)55-11/h12-16,23-25,27-30,32,46-47,54H,17-19H2,1-11H3/t23-,24?,25-,27-,28-,29?,30-,32+,41-,42+,43-/m1/s1. The summed E-state index contributed by atoms with van der Waals surface area (Å²) in [7, 11) is 1.05. The molecular weight excluding hydrogens is 802 g/mol. The van der Waals surface area contributed by atoms with Gasteiger partial charge in [-0.05, 0) is 56.4 Å². The lowest BCUT2D eigenvalue weighted by atomic mass is 9.44. The molecule has 6 rings (SSSR count). The number of nitrogens with zero attached hydrogens (tertiary/aromatic N) is 1. The molecule has 2 heterocycles. The van der Waals surface area contributed by atoms with Crippen LogP contribution in [-0.2, 0) is 52.3 Å². The number of aliphatic hydroxyl groups excluding tert-OH is 2. The minimum atomic E-state index is -2.47. The van der Waals surface area contributed by atoms with Gasteiger partial charge < -0.3 is 48.5 Å². The molecule has 2 unspecified atom stereocenters. The molecule has 2 bridgehead atoms. The Balaban J connectivity index is 1.57. The van der Waals surface area contributed by atoms with Crippen LogP contribution in [0.3, 0.4) is 0 Å². The second-order valence-corrected chi connectivity index (χ2v) is 19.0. The number of hydrogen-bond donors (Lipinski definition) is 3. The molecule has 0 radical (unpaired) electrons. The van der Waals surface area contributed by atoms with E-state index in [1.54, 1.807) is 39.0 Å². The number of carbonyl (C=O) groups excluding carboxylic acids is 7. The summed E-state index contributed by atoms with van der Waals surface area (Å²) < 4.78 is 40.1. The lowest BCUT2D eigenvalue weighted by molar-refractivity contribution is -0.344. The molecular formula is C43H55NO17. The molecule has 3 N–H and O–H groups in total. The molecule has 2 saturated carbocycles. The highest BCUT2D eigenvalue weighted by Gasteiger charge is 2.78. The lowest BCUT2D eigenvalue weighted by Gasteiger charge is -2.67. The van der Waals surface area contributed by atoms with Crippen molar-refractivity contribution in [3.63, 3.8) is 0 Å². The fourth-order valence-corrected chi connectivity index (χ4v) is 10.2. The van der Waals surface area contributed by atoms with Crippen molar-refractivity contribution < 1.29 is 82.0 Å². The number of imide groups is 1. The van der Waals surface area contributed by atoms with Gasteiger partial charge in [-0.3, -0.25) is 14.4 Å². The number of methoxy groups -OCH3 is 1. The fraction of sp³-hybridized carbons (Fsp3) is 0.651. The first kappa shape index (κ1) is 45.6. The summed E-state index contributed by atoms with van der Waals surface area (Å²) >= 11 is 0. The Labute approximate surface area is 352 Å². The number of fused-ring (bicyclic) bond motifs is 5. The zero-order valence-electron chi connectivity index (χ0n) is 36.1. The molecule has 0 aromatic heterocycles. The van der Waals surface area contributed by atoms with Crippen LogP contribution in [0.5, 0.6) is 0 Å². The zero-order valence-corrected chi connectivity index (χ0v) is 36.1. The third-order valence-electron chi connectivity index (χ3n) is 13.5. The molecule has 2 amide bonds. The van der Waals surface area contributed by atoms with Gasteiger partial charge in [0.15, 0.2) is 29.2 Å². The molecule has 2 saturated heterocycles. The summed E-state index contributed by atoms with van der Waals surface area (Å²) in [6, 6.07) is 6.16. The molecule has 0 spiro atoms. The maximum atomic E-state index is 15.5. The molecule has 4 fully saturated rings. The van der Waals surface area contributed by atoms with Crippen molar-refractivity contribution >= 4 is 41.8 Å². The molecule has 11 atom stereocenters. The van der Waals surface area contributed by atoms with E-state index in [4.69, 9.17) is 33.2 Å². The maximum absolute atomic E-state index is 15.5. The van der Waals surface area contributed by atoms with Crippen LogP contribution in [0.2, 0.25) is 0 Å². The molecule has 3 aliphatic carbocycles. The summed E-state index contributed by atoms with van der Waals surface area (Å²) in [5, 5.41) is 37.5. The first-order valence-electron chi connectivity index (χ1n) is 20.0. The van der Waals surface area contributed by atoms with Crippen LogP contribution in [0.25, 0.3) is 0 Å². The summed E-state index contributed by atoms with van der Waals surface area (Å²) in [6.07, 6.45) is -13.5. The summed E-state index contributed by atoms with van der Waals surface area (Å²) in [6.45, 7) is 13.9. The molecule has 18 nitrogen and oxygen atoms in total. The molecule has 1 aromatic carbocycles. The number of ketones is 1. The minimum Gasteiger partial charge on any atom is -0.456 e. The number of esters is 3. The van der Waals surface area contributed by atoms with Gasteiger partial charge >= 0.3 is 30.2 Å². The van der Waals surface area contributed by atoms with Crippen LogP contribution in [0.15, 0.2) is 41.5 Å². The number of carbonyl (C=O) groups is 7. The van der Waals surface area contributed by atoms with E-state index in [1.165, 1.54) is 53.7 Å². The van der Waals surface area contributed by atoms with Crippen molar-refractivity contribution in [2.24, 2.45) is 22.2 Å². The molecule has 2 aliphatic heterocycles. The van der Waals surface area contributed by atoms with Crippen molar-refractivity contribution in [3.05, 3.63) is 47.0 Å². The summed E-state index contributed by atoms with van der Waals surface area (Å²) in [4.78, 5) is 97.2. The van der Waals surface area contributed by atoms with Crippen LogP contribution < -0.4 is 0 Å². The first-order chi connectivity index (χ1) is 28.1. The van der Waals surface area contributed by atoms with Gasteiger partial charge in [-0.15, -0.1) is 0 Å². The van der Waals surface area contributed by atoms with E-state index < -0.39 is 137 Å². The number of amides is 2. The topological polar surface area (TPSA) is 248 Å². The SMILES string of the molecule is COC(=O)O[C@@]12CO[C@@H]1CC(O)[C@@]1(C)C(=O)[C@H](OC(C)=O)C3=C(C)[C@H](OC(=O)[C@H](O)[C@@H](N4C(=O)OC(C)(C)C4=O)C(C)(C)C)C[C@@](O)([C@@H](OC(=O)c4ccccc4)C12)C3(C)C. The normalized spacial score (nSPS) is 34.9. The van der Waals surface area contributed by atoms with E-state index >= 15 is 4.79 Å². The predicted molar refractivity (Wildman–Crippen MR) is 207 cm³/mol. The number of aliphatic hydroxyl groups is 3. The Hall–Kier alpha value is -4.91.